The molecular formula is C13H27NO3S. The molecule has 0 aromatic heterocycles. The zero-order valence-corrected chi connectivity index (χ0v) is 12.6. The van der Waals surface area contributed by atoms with Crippen molar-refractivity contribution in [3.63, 3.8) is 0 Å². The van der Waals surface area contributed by atoms with E-state index in [1.807, 2.05) is 20.8 Å². The molecule has 0 spiro atoms. The third-order valence-corrected chi connectivity index (χ3v) is 4.93. The number of hydrogen-bond acceptors (Lipinski definition) is 3. The third-order valence-electron chi connectivity index (χ3n) is 3.58. The largest absolute Gasteiger partial charge is 0.391 e. The highest BCUT2D eigenvalue weighted by Crippen LogP contribution is 2.27. The molecule has 0 heterocycles. The monoisotopic (exact) mass is 277 g/mol. The quantitative estimate of drug-likeness (QED) is 0.779. The highest BCUT2D eigenvalue weighted by atomic mass is 32.2. The lowest BCUT2D eigenvalue weighted by Gasteiger charge is -2.20. The molecule has 1 atom stereocenters. The van der Waals surface area contributed by atoms with Crippen molar-refractivity contribution in [2.24, 2.45) is 11.3 Å². The predicted molar refractivity (Wildman–Crippen MR) is 73.8 cm³/mol. The summed E-state index contributed by atoms with van der Waals surface area (Å²) in [5.41, 5.74) is 0.0127. The molecule has 0 aromatic carbocycles. The third kappa shape index (κ3) is 6.16. The summed E-state index contributed by atoms with van der Waals surface area (Å²) in [7, 11) is -3.25. The summed E-state index contributed by atoms with van der Waals surface area (Å²) < 4.78 is 26.1. The summed E-state index contributed by atoms with van der Waals surface area (Å²) in [5, 5.41) is 9.91. The molecule has 1 rings (SSSR count). The number of aliphatic hydroxyl groups excluding tert-OH is 1. The second kappa shape index (κ2) is 6.35. The molecule has 108 valence electrons. The summed E-state index contributed by atoms with van der Waals surface area (Å²) in [5.74, 6) is 0.406. The molecule has 1 saturated carbocycles. The normalized spacial score (nSPS) is 20.2. The first-order valence-electron chi connectivity index (χ1n) is 6.85. The van der Waals surface area contributed by atoms with Crippen molar-refractivity contribution in [2.45, 2.75) is 59.0 Å². The molecule has 0 amide bonds. The Morgan fingerprint density at radius 3 is 2.33 bits per heavy atom. The Morgan fingerprint density at radius 2 is 1.83 bits per heavy atom. The van der Waals surface area contributed by atoms with Gasteiger partial charge in [0, 0.05) is 6.54 Å². The summed E-state index contributed by atoms with van der Waals surface area (Å²) in [6, 6.07) is 0. The van der Waals surface area contributed by atoms with Crippen molar-refractivity contribution in [2.75, 3.05) is 12.3 Å². The van der Waals surface area contributed by atoms with E-state index >= 15 is 0 Å². The first-order valence-corrected chi connectivity index (χ1v) is 8.50. The number of hydrogen-bond donors (Lipinski definition) is 2. The average Bonchev–Trinajstić information content (AvgIpc) is 2.76. The van der Waals surface area contributed by atoms with Gasteiger partial charge in [0.25, 0.3) is 0 Å². The van der Waals surface area contributed by atoms with E-state index in [1.54, 1.807) is 0 Å². The smallest absolute Gasteiger partial charge is 0.211 e. The molecule has 5 heteroatoms. The van der Waals surface area contributed by atoms with Crippen molar-refractivity contribution < 1.29 is 13.5 Å². The average molecular weight is 277 g/mol. The minimum Gasteiger partial charge on any atom is -0.391 e. The van der Waals surface area contributed by atoms with Gasteiger partial charge in [-0.2, -0.15) is 0 Å². The maximum absolute atomic E-state index is 11.8. The van der Waals surface area contributed by atoms with E-state index in [1.165, 1.54) is 0 Å². The Balaban J connectivity index is 2.32. The van der Waals surface area contributed by atoms with E-state index < -0.39 is 16.1 Å². The first kappa shape index (κ1) is 15.9. The highest BCUT2D eigenvalue weighted by Gasteiger charge is 2.25. The van der Waals surface area contributed by atoms with Crippen LogP contribution in [-0.4, -0.2) is 31.9 Å². The van der Waals surface area contributed by atoms with Crippen LogP contribution in [0, 0.1) is 11.3 Å². The van der Waals surface area contributed by atoms with Crippen LogP contribution in [0.2, 0.25) is 0 Å². The van der Waals surface area contributed by atoms with Crippen LogP contribution in [0.5, 0.6) is 0 Å². The summed E-state index contributed by atoms with van der Waals surface area (Å²) in [4.78, 5) is 0. The predicted octanol–water partition coefficient (Wildman–Crippen LogP) is 1.89. The van der Waals surface area contributed by atoms with Crippen LogP contribution >= 0.6 is 0 Å². The van der Waals surface area contributed by atoms with Gasteiger partial charge in [-0.15, -0.1) is 0 Å². The summed E-state index contributed by atoms with van der Waals surface area (Å²) >= 11 is 0. The van der Waals surface area contributed by atoms with Gasteiger partial charge in [-0.1, -0.05) is 33.6 Å². The molecule has 2 N–H and O–H groups in total. The van der Waals surface area contributed by atoms with Crippen LogP contribution in [0.4, 0.5) is 0 Å². The molecule has 0 aliphatic heterocycles. The van der Waals surface area contributed by atoms with Crippen LogP contribution in [0.1, 0.15) is 52.9 Å². The fourth-order valence-corrected chi connectivity index (χ4v) is 3.68. The van der Waals surface area contributed by atoms with Crippen LogP contribution < -0.4 is 4.72 Å². The van der Waals surface area contributed by atoms with Crippen LogP contribution in [0.3, 0.4) is 0 Å². The zero-order chi connectivity index (χ0) is 13.8. The van der Waals surface area contributed by atoms with Gasteiger partial charge in [0.1, 0.15) is 0 Å². The van der Waals surface area contributed by atoms with Crippen molar-refractivity contribution in [1.29, 1.82) is 0 Å². The highest BCUT2D eigenvalue weighted by molar-refractivity contribution is 7.89. The Kier molecular flexibility index (Phi) is 5.62. The molecule has 1 unspecified atom stereocenters. The van der Waals surface area contributed by atoms with Gasteiger partial charge in [-0.3, -0.25) is 0 Å². The second-order valence-corrected chi connectivity index (χ2v) is 8.52. The zero-order valence-electron chi connectivity index (χ0n) is 11.8. The SMILES string of the molecule is CC(C)(C)CCS(=O)(=O)NCC(O)C1CCCC1. The molecule has 0 saturated heterocycles. The molecule has 0 bridgehead atoms. The van der Waals surface area contributed by atoms with Crippen molar-refractivity contribution >= 4 is 10.0 Å². The number of rotatable bonds is 6. The Morgan fingerprint density at radius 1 is 1.28 bits per heavy atom. The minimum absolute atomic E-state index is 0.0127. The minimum atomic E-state index is -3.25. The van der Waals surface area contributed by atoms with E-state index in [0.29, 0.717) is 6.42 Å². The topological polar surface area (TPSA) is 66.4 Å². The lowest BCUT2D eigenvalue weighted by molar-refractivity contribution is 0.115. The van der Waals surface area contributed by atoms with E-state index in [4.69, 9.17) is 0 Å². The lowest BCUT2D eigenvalue weighted by atomic mass is 9.94. The maximum atomic E-state index is 11.8. The van der Waals surface area contributed by atoms with Crippen molar-refractivity contribution in [3.8, 4) is 0 Å². The standard InChI is InChI=1S/C13H27NO3S/c1-13(2,3)8-9-18(16,17)14-10-12(15)11-6-4-5-7-11/h11-12,14-15H,4-10H2,1-3H3. The fourth-order valence-electron chi connectivity index (χ4n) is 2.23. The molecule has 1 fully saturated rings. The van der Waals surface area contributed by atoms with Crippen LogP contribution in [0.15, 0.2) is 0 Å². The maximum Gasteiger partial charge on any atom is 0.211 e. The summed E-state index contributed by atoms with van der Waals surface area (Å²) in [6.45, 7) is 6.23. The van der Waals surface area contributed by atoms with Crippen molar-refractivity contribution in [3.05, 3.63) is 0 Å². The molecule has 1 aliphatic rings. The Bertz CT molecular complexity index is 340. The Labute approximate surface area is 111 Å². The van der Waals surface area contributed by atoms with Gasteiger partial charge in [0.05, 0.1) is 11.9 Å². The summed E-state index contributed by atoms with van der Waals surface area (Å²) in [6.07, 6.45) is 4.44. The van der Waals surface area contributed by atoms with Gasteiger partial charge in [-0.25, -0.2) is 13.1 Å². The van der Waals surface area contributed by atoms with Crippen LogP contribution in [0.25, 0.3) is 0 Å². The lowest BCUT2D eigenvalue weighted by Crippen LogP contribution is -2.37. The van der Waals surface area contributed by atoms with E-state index in [-0.39, 0.29) is 23.6 Å². The molecule has 0 aromatic rings. The Hall–Kier alpha value is -0.130. The van der Waals surface area contributed by atoms with E-state index in [0.717, 1.165) is 25.7 Å². The van der Waals surface area contributed by atoms with Gasteiger partial charge < -0.3 is 5.11 Å². The number of sulfonamides is 1. The second-order valence-electron chi connectivity index (χ2n) is 6.59. The number of aliphatic hydroxyl groups is 1. The van der Waals surface area contributed by atoms with Gasteiger partial charge in [0.15, 0.2) is 0 Å². The van der Waals surface area contributed by atoms with E-state index in [9.17, 15) is 13.5 Å². The molecule has 0 radical (unpaired) electrons. The molecule has 4 nitrogen and oxygen atoms in total. The van der Waals surface area contributed by atoms with Crippen LogP contribution in [-0.2, 0) is 10.0 Å². The molecule has 18 heavy (non-hydrogen) atoms. The molecular weight excluding hydrogens is 250 g/mol. The van der Waals surface area contributed by atoms with E-state index in [2.05, 4.69) is 4.72 Å². The fraction of sp³-hybridized carbons (Fsp3) is 1.00. The number of nitrogens with one attached hydrogen (secondary N) is 1. The molecule has 1 aliphatic carbocycles. The van der Waals surface area contributed by atoms with Gasteiger partial charge in [-0.05, 0) is 30.6 Å². The van der Waals surface area contributed by atoms with Gasteiger partial charge >= 0.3 is 0 Å². The van der Waals surface area contributed by atoms with Crippen molar-refractivity contribution in [1.82, 2.24) is 4.72 Å². The first-order chi connectivity index (χ1) is 8.20. The van der Waals surface area contributed by atoms with Gasteiger partial charge in [0.2, 0.25) is 10.0 Å².